The number of carbonyl (C=O) groups excluding carboxylic acids is 2. The second-order valence-electron chi connectivity index (χ2n) is 21.0. The molecule has 4 amide bonds. The van der Waals surface area contributed by atoms with E-state index in [-0.39, 0.29) is 54.9 Å². The van der Waals surface area contributed by atoms with Crippen molar-refractivity contribution in [3.05, 3.63) is 201 Å². The molecule has 2 aliphatic rings. The van der Waals surface area contributed by atoms with Crippen molar-refractivity contribution in [3.63, 3.8) is 0 Å². The number of hydrogen-bond donors (Lipinski definition) is 4. The topological polar surface area (TPSA) is 217 Å². The second-order valence-corrected chi connectivity index (χ2v) is 31.2. The summed E-state index contributed by atoms with van der Waals surface area (Å²) in [4.78, 5) is 40.5. The van der Waals surface area contributed by atoms with Crippen LogP contribution < -0.4 is 20.1 Å². The van der Waals surface area contributed by atoms with Gasteiger partial charge in [0.1, 0.15) is 29.9 Å². The lowest BCUT2D eigenvalue weighted by Gasteiger charge is -2.35. The molecule has 6 aromatic carbocycles. The number of sulfone groups is 1. The third-order valence-electron chi connectivity index (χ3n) is 14.8. The highest BCUT2D eigenvalue weighted by atomic mass is 35.5. The molecule has 0 spiro atoms. The predicted molar refractivity (Wildman–Crippen MR) is 361 cm³/mol. The number of sulfonamides is 2. The highest BCUT2D eigenvalue weighted by molar-refractivity contribution is 7.99. The number of rotatable bonds is 20. The first-order valence-corrected chi connectivity index (χ1v) is 37.0. The summed E-state index contributed by atoms with van der Waals surface area (Å²) in [5.74, 6) is 2.36. The molecule has 0 aliphatic carbocycles. The third-order valence-corrected chi connectivity index (χ3v) is 21.1. The number of benzene rings is 6. The molecule has 460 valence electrons. The molecule has 0 atom stereocenters. The number of carbonyl (C=O) groups is 2. The predicted octanol–water partition coefficient (Wildman–Crippen LogP) is 14.9. The summed E-state index contributed by atoms with van der Waals surface area (Å²) >= 11 is 17.3. The fraction of sp³-hybridized carbons (Fsp3) is 0.302. The van der Waals surface area contributed by atoms with E-state index in [2.05, 4.69) is 103 Å². The van der Waals surface area contributed by atoms with Gasteiger partial charge in [0.25, 0.3) is 0 Å². The maximum absolute atomic E-state index is 13.8. The summed E-state index contributed by atoms with van der Waals surface area (Å²) < 4.78 is 76.2. The average Bonchev–Trinajstić information content (AvgIpc) is 4.27. The Morgan fingerprint density at radius 2 is 0.851 bits per heavy atom. The number of aromatic nitrogens is 2. The molecule has 0 bridgehead atoms. The molecule has 16 nitrogen and oxygen atoms in total. The van der Waals surface area contributed by atoms with Crippen LogP contribution in [0.3, 0.4) is 0 Å². The lowest BCUT2D eigenvalue weighted by atomic mass is 9.88. The van der Waals surface area contributed by atoms with Crippen molar-refractivity contribution in [2.75, 3.05) is 68.7 Å². The maximum atomic E-state index is 13.8. The Morgan fingerprint density at radius 3 is 1.17 bits per heavy atom. The van der Waals surface area contributed by atoms with E-state index in [4.69, 9.17) is 23.2 Å². The van der Waals surface area contributed by atoms with E-state index >= 15 is 0 Å². The van der Waals surface area contributed by atoms with Crippen LogP contribution in [0.15, 0.2) is 170 Å². The Hall–Kier alpha value is -6.50. The molecule has 87 heavy (non-hydrogen) atoms. The van der Waals surface area contributed by atoms with E-state index in [0.717, 1.165) is 71.3 Å². The SMILES string of the molecule is C.CS(=O)(=O)Nc1ccc(-c2nc(NC(=O)N(CCC(c3ccccc3)c3ccccc3)C3CCS(=O)(=O)CC3)sc2Cl)cc1.CS(=O)(=O)Nc1ccc(-c2nc(NC(=O)N(CCC(c3ccccc3)c3ccccc3)C3CCSCC3)sc2Cl)cc1. The van der Waals surface area contributed by atoms with E-state index in [1.165, 1.54) is 22.5 Å². The monoisotopic (exact) mass is 1330 g/mol. The van der Waals surface area contributed by atoms with Crippen molar-refractivity contribution in [3.8, 4) is 22.5 Å². The number of thiazole rings is 2. The van der Waals surface area contributed by atoms with Crippen LogP contribution in [0.25, 0.3) is 22.5 Å². The van der Waals surface area contributed by atoms with Crippen LogP contribution in [0.1, 0.15) is 80.0 Å². The molecule has 2 fully saturated rings. The number of nitrogens with one attached hydrogen (secondary N) is 4. The second kappa shape index (κ2) is 30.6. The van der Waals surface area contributed by atoms with Crippen LogP contribution in [0.5, 0.6) is 0 Å². The standard InChI is InChI=1S/C31H33ClN4O5S3.C31H33ClN4O3S3.CH4/c1-43(38,39)35-25-14-12-24(13-15-25)28-29(32)42-30(33-28)34-31(37)36(26-17-20-44(40,41)21-18-26)19-16-27(22-8-4-2-5-9-22)23-10-6-3-7-11-23;1-42(38,39)35-25-14-12-24(13-15-25)28-29(32)41-30(33-28)34-31(37)36(26-17-20-40-21-18-26)19-16-27(22-8-4-2-5-9-22)23-10-6-3-7-11-23;/h2-15,26-27,35H,16-21H2,1H3,(H,33,34,37);2-15,26-27,35H,16-21H2,1H3,(H,33,34,37);1H4. The van der Waals surface area contributed by atoms with Crippen molar-refractivity contribution in [2.45, 2.75) is 69.9 Å². The van der Waals surface area contributed by atoms with Gasteiger partial charge in [0.15, 0.2) is 10.3 Å². The van der Waals surface area contributed by atoms with Gasteiger partial charge in [-0.25, -0.2) is 44.8 Å². The van der Waals surface area contributed by atoms with Crippen molar-refractivity contribution < 1.29 is 34.8 Å². The molecule has 0 unspecified atom stereocenters. The van der Waals surface area contributed by atoms with Crippen LogP contribution in [-0.4, -0.2) is 118 Å². The first kappa shape index (κ1) is 66.5. The first-order chi connectivity index (χ1) is 41.2. The lowest BCUT2D eigenvalue weighted by Crippen LogP contribution is -2.47. The minimum absolute atomic E-state index is 0. The van der Waals surface area contributed by atoms with Crippen LogP contribution >= 0.6 is 57.6 Å². The van der Waals surface area contributed by atoms with Crippen molar-refractivity contribution in [2.24, 2.45) is 0 Å². The quantitative estimate of drug-likeness (QED) is 0.0563. The van der Waals surface area contributed by atoms with Gasteiger partial charge in [0.05, 0.1) is 24.0 Å². The van der Waals surface area contributed by atoms with E-state index in [9.17, 15) is 34.8 Å². The molecule has 4 N–H and O–H groups in total. The van der Waals surface area contributed by atoms with Crippen LogP contribution in [0.2, 0.25) is 8.67 Å². The van der Waals surface area contributed by atoms with Gasteiger partial charge >= 0.3 is 12.1 Å². The van der Waals surface area contributed by atoms with Gasteiger partial charge in [-0.1, -0.05) is 199 Å². The van der Waals surface area contributed by atoms with Gasteiger partial charge in [0, 0.05) is 59.5 Å². The fourth-order valence-corrected chi connectivity index (χ4v) is 16.5. The Balaban J connectivity index is 0.000000223. The number of thioether (sulfide) groups is 1. The summed E-state index contributed by atoms with van der Waals surface area (Å²) in [7, 11) is -9.91. The summed E-state index contributed by atoms with van der Waals surface area (Å²) in [6.45, 7) is 1.02. The zero-order chi connectivity index (χ0) is 60.8. The van der Waals surface area contributed by atoms with Crippen molar-refractivity contribution in [1.82, 2.24) is 19.8 Å². The molecular formula is C63H70Cl2N8O8S6. The Labute approximate surface area is 533 Å². The van der Waals surface area contributed by atoms with Crippen LogP contribution in [-0.2, 0) is 29.9 Å². The van der Waals surface area contributed by atoms with E-state index in [1.807, 2.05) is 65.2 Å². The van der Waals surface area contributed by atoms with Crippen LogP contribution in [0.4, 0.5) is 31.2 Å². The normalized spacial score (nSPS) is 14.5. The van der Waals surface area contributed by atoms with E-state index < -0.39 is 29.9 Å². The van der Waals surface area contributed by atoms with Gasteiger partial charge in [0.2, 0.25) is 20.0 Å². The van der Waals surface area contributed by atoms with Gasteiger partial charge in [-0.15, -0.1) is 0 Å². The average molecular weight is 1330 g/mol. The number of nitrogens with zero attached hydrogens (tertiary/aromatic N) is 4. The third kappa shape index (κ3) is 19.2. The molecule has 0 saturated carbocycles. The molecule has 10 rings (SSSR count). The van der Waals surface area contributed by atoms with Gasteiger partial charge in [-0.2, -0.15) is 11.8 Å². The van der Waals surface area contributed by atoms with Crippen molar-refractivity contribution in [1.29, 1.82) is 0 Å². The molecule has 2 saturated heterocycles. The zero-order valence-electron chi connectivity index (χ0n) is 47.2. The van der Waals surface area contributed by atoms with E-state index in [1.54, 1.807) is 53.4 Å². The Kier molecular flexibility index (Phi) is 23.4. The summed E-state index contributed by atoms with van der Waals surface area (Å²) in [5, 5.41) is 6.67. The molecule has 8 aromatic rings. The van der Waals surface area contributed by atoms with Gasteiger partial charge in [-0.3, -0.25) is 20.1 Å². The highest BCUT2D eigenvalue weighted by Gasteiger charge is 2.33. The van der Waals surface area contributed by atoms with E-state index in [0.29, 0.717) is 79.6 Å². The number of amides is 4. The number of urea groups is 2. The molecule has 4 heterocycles. The summed E-state index contributed by atoms with van der Waals surface area (Å²) in [6, 6.07) is 54.0. The smallest absolute Gasteiger partial charge is 0.321 e. The molecule has 24 heteroatoms. The number of hydrogen-bond acceptors (Lipinski definition) is 13. The largest absolute Gasteiger partial charge is 0.323 e. The highest BCUT2D eigenvalue weighted by Crippen LogP contribution is 2.39. The maximum Gasteiger partial charge on any atom is 0.323 e. The first-order valence-electron chi connectivity index (χ1n) is 27.9. The number of halogens is 2. The minimum atomic E-state index is -3.41. The Morgan fingerprint density at radius 1 is 0.529 bits per heavy atom. The van der Waals surface area contributed by atoms with Gasteiger partial charge < -0.3 is 9.80 Å². The van der Waals surface area contributed by atoms with Crippen LogP contribution in [0, 0.1) is 0 Å². The zero-order valence-corrected chi connectivity index (χ0v) is 53.6. The minimum Gasteiger partial charge on any atom is -0.321 e. The van der Waals surface area contributed by atoms with Gasteiger partial charge in [-0.05, 0) is 96.5 Å². The summed E-state index contributed by atoms with van der Waals surface area (Å²) in [5.41, 5.74) is 7.99. The fourth-order valence-electron chi connectivity index (χ4n) is 10.6. The molecular weight excluding hydrogens is 1260 g/mol. The number of anilines is 4. The Bertz CT molecular complexity index is 3790. The van der Waals surface area contributed by atoms with Crippen molar-refractivity contribution >= 4 is 121 Å². The summed E-state index contributed by atoms with van der Waals surface area (Å²) in [6.07, 6.45) is 6.27. The molecule has 2 aromatic heterocycles. The molecule has 2 aliphatic heterocycles. The molecule has 0 radical (unpaired) electrons. The lowest BCUT2D eigenvalue weighted by molar-refractivity contribution is 0.179.